The van der Waals surface area contributed by atoms with E-state index in [4.69, 9.17) is 4.74 Å². The van der Waals surface area contributed by atoms with Crippen molar-refractivity contribution in [3.05, 3.63) is 51.8 Å². The average Bonchev–Trinajstić information content (AvgIpc) is 3.19. The van der Waals surface area contributed by atoms with Gasteiger partial charge in [-0.15, -0.1) is 16.4 Å². The van der Waals surface area contributed by atoms with E-state index in [1.165, 1.54) is 4.68 Å². The first-order valence-electron chi connectivity index (χ1n) is 10.1. The third-order valence-electron chi connectivity index (χ3n) is 5.37. The Hall–Kier alpha value is -3.40. The van der Waals surface area contributed by atoms with Crippen LogP contribution in [0.4, 0.5) is 0 Å². The van der Waals surface area contributed by atoms with Gasteiger partial charge in [-0.25, -0.2) is 14.2 Å². The van der Waals surface area contributed by atoms with E-state index in [0.29, 0.717) is 35.9 Å². The molecule has 9 nitrogen and oxygen atoms in total. The number of hydrogen-bond acceptors (Lipinski definition) is 6. The summed E-state index contributed by atoms with van der Waals surface area (Å²) in [6.45, 7) is 0.607. The molecule has 3 heterocycles. The molecule has 1 saturated carbocycles. The SMILES string of the molecule is COc1c2ccc(C(=O)NCCn3nc(-c4cccs4)n(C4CC4)c3=O)cc2nn1C. The molecule has 0 atom stereocenters. The van der Waals surface area contributed by atoms with E-state index in [0.717, 1.165) is 23.1 Å². The maximum absolute atomic E-state index is 12.9. The maximum Gasteiger partial charge on any atom is 0.346 e. The Bertz CT molecular complexity index is 1310. The summed E-state index contributed by atoms with van der Waals surface area (Å²) in [4.78, 5) is 26.4. The first-order valence-corrected chi connectivity index (χ1v) is 11.0. The number of rotatable bonds is 7. The average molecular weight is 439 g/mol. The standard InChI is InChI=1S/C21H22N6O3S/c1-25-20(30-2)15-8-5-13(12-16(15)23-25)19(28)22-9-10-26-21(29)27(14-6-7-14)18(24-26)17-4-3-11-31-17/h3-5,8,11-12,14H,6-7,9-10H2,1-2H3,(H,22,28). The van der Waals surface area contributed by atoms with Crippen molar-refractivity contribution in [3.8, 4) is 16.6 Å². The van der Waals surface area contributed by atoms with Crippen LogP contribution < -0.4 is 15.7 Å². The van der Waals surface area contributed by atoms with Crippen LogP contribution in [0.15, 0.2) is 40.5 Å². The molecule has 0 aliphatic heterocycles. The predicted octanol–water partition coefficient (Wildman–Crippen LogP) is 2.43. The monoisotopic (exact) mass is 438 g/mol. The van der Waals surface area contributed by atoms with Crippen LogP contribution in [0.3, 0.4) is 0 Å². The summed E-state index contributed by atoms with van der Waals surface area (Å²) in [6, 6.07) is 9.45. The van der Waals surface area contributed by atoms with Crippen molar-refractivity contribution in [2.45, 2.75) is 25.4 Å². The zero-order valence-electron chi connectivity index (χ0n) is 17.2. The molecule has 5 rings (SSSR count). The van der Waals surface area contributed by atoms with E-state index < -0.39 is 0 Å². The number of aromatic nitrogens is 5. The molecule has 1 fully saturated rings. The number of hydrogen-bond donors (Lipinski definition) is 1. The molecular weight excluding hydrogens is 416 g/mol. The Labute approximate surface area is 181 Å². The van der Waals surface area contributed by atoms with Crippen LogP contribution in [0, 0.1) is 0 Å². The minimum absolute atomic E-state index is 0.123. The Morgan fingerprint density at radius 3 is 2.84 bits per heavy atom. The Balaban J connectivity index is 1.30. The molecule has 0 unspecified atom stereocenters. The van der Waals surface area contributed by atoms with Gasteiger partial charge in [0.1, 0.15) is 0 Å². The van der Waals surface area contributed by atoms with Crippen LogP contribution in [-0.4, -0.2) is 43.7 Å². The van der Waals surface area contributed by atoms with Crippen molar-refractivity contribution < 1.29 is 9.53 Å². The number of nitrogens with one attached hydrogen (secondary N) is 1. The first-order chi connectivity index (χ1) is 15.1. The zero-order chi connectivity index (χ0) is 21.5. The number of nitrogens with zero attached hydrogens (tertiary/aromatic N) is 5. The fourth-order valence-electron chi connectivity index (χ4n) is 3.74. The van der Waals surface area contributed by atoms with Gasteiger partial charge in [-0.2, -0.15) is 5.10 Å². The second kappa shape index (κ2) is 7.69. The molecule has 0 saturated heterocycles. The number of thiophene rings is 1. The van der Waals surface area contributed by atoms with E-state index in [-0.39, 0.29) is 17.6 Å². The van der Waals surface area contributed by atoms with E-state index in [2.05, 4.69) is 15.5 Å². The first kappa shape index (κ1) is 19.6. The van der Waals surface area contributed by atoms with Crippen LogP contribution in [0.2, 0.25) is 0 Å². The number of fused-ring (bicyclic) bond motifs is 1. The highest BCUT2D eigenvalue weighted by atomic mass is 32.1. The summed E-state index contributed by atoms with van der Waals surface area (Å²) in [5, 5.41) is 14.6. The highest BCUT2D eigenvalue weighted by Gasteiger charge is 2.30. The molecule has 1 aliphatic carbocycles. The van der Waals surface area contributed by atoms with Gasteiger partial charge >= 0.3 is 5.69 Å². The van der Waals surface area contributed by atoms with Crippen molar-refractivity contribution in [2.75, 3.05) is 13.7 Å². The van der Waals surface area contributed by atoms with E-state index in [1.807, 2.05) is 23.6 Å². The van der Waals surface area contributed by atoms with Gasteiger partial charge in [0.05, 0.1) is 29.4 Å². The number of benzene rings is 1. The smallest absolute Gasteiger partial charge is 0.346 e. The van der Waals surface area contributed by atoms with Gasteiger partial charge in [-0.3, -0.25) is 9.36 Å². The van der Waals surface area contributed by atoms with Gasteiger partial charge in [0.15, 0.2) is 5.82 Å². The number of aryl methyl sites for hydroxylation is 1. The molecule has 10 heteroatoms. The lowest BCUT2D eigenvalue weighted by atomic mass is 10.1. The highest BCUT2D eigenvalue weighted by Crippen LogP contribution is 2.37. The summed E-state index contributed by atoms with van der Waals surface area (Å²) in [5.74, 6) is 1.14. The van der Waals surface area contributed by atoms with Crippen LogP contribution in [0.1, 0.15) is 29.2 Å². The van der Waals surface area contributed by atoms with Crippen molar-refractivity contribution in [3.63, 3.8) is 0 Å². The number of carbonyl (C=O) groups is 1. The maximum atomic E-state index is 12.9. The van der Waals surface area contributed by atoms with Crippen LogP contribution in [0.25, 0.3) is 21.6 Å². The zero-order valence-corrected chi connectivity index (χ0v) is 18.1. The molecule has 1 aromatic carbocycles. The fraction of sp³-hybridized carbons (Fsp3) is 0.333. The van der Waals surface area contributed by atoms with Gasteiger partial charge in [0, 0.05) is 25.2 Å². The largest absolute Gasteiger partial charge is 0.481 e. The molecule has 0 spiro atoms. The second-order valence-electron chi connectivity index (χ2n) is 7.53. The predicted molar refractivity (Wildman–Crippen MR) is 118 cm³/mol. The number of carbonyl (C=O) groups excluding carboxylic acids is 1. The highest BCUT2D eigenvalue weighted by molar-refractivity contribution is 7.13. The summed E-state index contributed by atoms with van der Waals surface area (Å²) in [5.41, 5.74) is 1.07. The Morgan fingerprint density at radius 2 is 2.13 bits per heavy atom. The quantitative estimate of drug-likeness (QED) is 0.478. The van der Waals surface area contributed by atoms with Crippen molar-refractivity contribution >= 4 is 28.1 Å². The molecule has 1 aliphatic rings. The van der Waals surface area contributed by atoms with E-state index in [9.17, 15) is 9.59 Å². The third-order valence-corrected chi connectivity index (χ3v) is 6.23. The lowest BCUT2D eigenvalue weighted by Crippen LogP contribution is -2.32. The Morgan fingerprint density at radius 1 is 1.29 bits per heavy atom. The van der Waals surface area contributed by atoms with Gasteiger partial charge in [0.25, 0.3) is 5.91 Å². The Kier molecular flexibility index (Phi) is 4.85. The van der Waals surface area contributed by atoms with Crippen molar-refractivity contribution in [2.24, 2.45) is 7.05 Å². The van der Waals surface area contributed by atoms with Gasteiger partial charge in [0.2, 0.25) is 5.88 Å². The minimum Gasteiger partial charge on any atom is -0.481 e. The number of methoxy groups -OCH3 is 1. The summed E-state index contributed by atoms with van der Waals surface area (Å²) in [6.07, 6.45) is 2.00. The fourth-order valence-corrected chi connectivity index (χ4v) is 4.44. The third kappa shape index (κ3) is 3.52. The molecule has 160 valence electrons. The van der Waals surface area contributed by atoms with E-state index in [1.54, 1.807) is 46.9 Å². The topological polar surface area (TPSA) is 96.0 Å². The van der Waals surface area contributed by atoms with Crippen LogP contribution in [0.5, 0.6) is 5.88 Å². The molecular formula is C21H22N6O3S. The van der Waals surface area contributed by atoms with Crippen molar-refractivity contribution in [1.29, 1.82) is 0 Å². The molecule has 1 N–H and O–H groups in total. The molecule has 0 radical (unpaired) electrons. The van der Waals surface area contributed by atoms with Crippen LogP contribution in [-0.2, 0) is 13.6 Å². The number of ether oxygens (including phenoxy) is 1. The molecule has 0 bridgehead atoms. The van der Waals surface area contributed by atoms with E-state index >= 15 is 0 Å². The normalized spacial score (nSPS) is 13.6. The summed E-state index contributed by atoms with van der Waals surface area (Å²) < 4.78 is 10.2. The molecule has 31 heavy (non-hydrogen) atoms. The molecule has 3 aromatic heterocycles. The van der Waals surface area contributed by atoms with Gasteiger partial charge in [-0.1, -0.05) is 6.07 Å². The molecule has 4 aromatic rings. The summed E-state index contributed by atoms with van der Waals surface area (Å²) in [7, 11) is 3.38. The van der Waals surface area contributed by atoms with Gasteiger partial charge in [-0.05, 0) is 42.5 Å². The summed E-state index contributed by atoms with van der Waals surface area (Å²) >= 11 is 1.57. The second-order valence-corrected chi connectivity index (χ2v) is 8.48. The van der Waals surface area contributed by atoms with Crippen LogP contribution >= 0.6 is 11.3 Å². The molecule has 1 amide bonds. The number of amides is 1. The lowest BCUT2D eigenvalue weighted by Gasteiger charge is -2.05. The minimum atomic E-state index is -0.223. The lowest BCUT2D eigenvalue weighted by molar-refractivity contribution is 0.0952. The van der Waals surface area contributed by atoms with Gasteiger partial charge < -0.3 is 10.1 Å². The van der Waals surface area contributed by atoms with Crippen molar-refractivity contribution in [1.82, 2.24) is 29.4 Å².